The molecule has 1 saturated carbocycles. The summed E-state index contributed by atoms with van der Waals surface area (Å²) in [4.78, 5) is 0. The van der Waals surface area contributed by atoms with Gasteiger partial charge in [-0.2, -0.15) is 0 Å². The van der Waals surface area contributed by atoms with Crippen molar-refractivity contribution in [3.8, 4) is 0 Å². The van der Waals surface area contributed by atoms with Gasteiger partial charge in [0.25, 0.3) is 0 Å². The molecule has 1 aliphatic carbocycles. The van der Waals surface area contributed by atoms with Crippen LogP contribution in [0.2, 0.25) is 11.6 Å². The van der Waals surface area contributed by atoms with E-state index in [9.17, 15) is 0 Å². The Bertz CT molecular complexity index is 91.0. The maximum atomic E-state index is 2.55. The predicted molar refractivity (Wildman–Crippen MR) is 52.3 cm³/mol. The zero-order chi connectivity index (χ0) is 8.10. The second-order valence-electron chi connectivity index (χ2n) is 4.19. The van der Waals surface area contributed by atoms with Gasteiger partial charge in [0, 0.05) is 0 Å². The van der Waals surface area contributed by atoms with Gasteiger partial charge in [-0.1, -0.05) is 64.0 Å². The van der Waals surface area contributed by atoms with Crippen LogP contribution in [0.5, 0.6) is 0 Å². The summed E-state index contributed by atoms with van der Waals surface area (Å²) in [5.41, 5.74) is 0. The Kier molecular flexibility index (Phi) is 4.03. The Morgan fingerprint density at radius 2 is 1.55 bits per heavy atom. The number of rotatable bonds is 2. The highest BCUT2D eigenvalue weighted by atomic mass is 14.1. The summed E-state index contributed by atoms with van der Waals surface area (Å²) >= 11 is 0. The fraction of sp³-hybridized carbons (Fsp3) is 1.00. The molecule has 0 unspecified atom stereocenters. The molecule has 0 amide bonds. The molecule has 0 bridgehead atoms. The summed E-state index contributed by atoms with van der Waals surface area (Å²) < 4.78 is 0. The monoisotopic (exact) mass is 151 g/mol. The van der Waals surface area contributed by atoms with Crippen LogP contribution in [0.3, 0.4) is 0 Å². The van der Waals surface area contributed by atoms with E-state index >= 15 is 0 Å². The number of hydrogen-bond acceptors (Lipinski definition) is 0. The van der Waals surface area contributed by atoms with Crippen LogP contribution in [0.1, 0.15) is 52.4 Å². The molecule has 1 radical (unpaired) electrons. The zero-order valence-corrected chi connectivity index (χ0v) is 7.97. The van der Waals surface area contributed by atoms with Gasteiger partial charge >= 0.3 is 0 Å². The largest absolute Gasteiger partial charge is 0.117 e. The molecule has 0 spiro atoms. The van der Waals surface area contributed by atoms with Crippen molar-refractivity contribution < 1.29 is 0 Å². The first-order chi connectivity index (χ1) is 5.29. The highest BCUT2D eigenvalue weighted by molar-refractivity contribution is 6.39. The summed E-state index contributed by atoms with van der Waals surface area (Å²) in [5.74, 6) is 1.73. The van der Waals surface area contributed by atoms with Crippen LogP contribution < -0.4 is 0 Å². The van der Waals surface area contributed by atoms with Crippen molar-refractivity contribution >= 4 is 7.28 Å². The molecular weight excluding hydrogens is 131 g/mol. The SMILES string of the molecule is CC(C)[B]C1CCCCCC1. The Balaban J connectivity index is 2.20. The topological polar surface area (TPSA) is 0 Å². The Morgan fingerprint density at radius 1 is 1.00 bits per heavy atom. The lowest BCUT2D eigenvalue weighted by Crippen LogP contribution is -2.05. The van der Waals surface area contributed by atoms with E-state index in [1.807, 2.05) is 0 Å². The Morgan fingerprint density at radius 3 is 2.00 bits per heavy atom. The van der Waals surface area contributed by atoms with E-state index < -0.39 is 0 Å². The summed E-state index contributed by atoms with van der Waals surface area (Å²) in [6, 6.07) is 0. The minimum atomic E-state index is 0.790. The Labute approximate surface area is 72.0 Å². The quantitative estimate of drug-likeness (QED) is 0.417. The Hall–Kier alpha value is 0.0649. The molecule has 0 aromatic rings. The normalized spacial score (nSPS) is 21.7. The molecule has 0 N–H and O–H groups in total. The summed E-state index contributed by atoms with van der Waals surface area (Å²) in [6.45, 7) is 4.59. The molecule has 0 aliphatic heterocycles. The lowest BCUT2D eigenvalue weighted by Gasteiger charge is -2.14. The third kappa shape index (κ3) is 3.84. The highest BCUT2D eigenvalue weighted by Crippen LogP contribution is 2.28. The molecule has 1 heteroatoms. The standard InChI is InChI=1S/C10H20B/c1-9(2)11-10-7-5-3-4-6-8-10/h9-10H,3-8H2,1-2H3. The van der Waals surface area contributed by atoms with Gasteiger partial charge in [0.15, 0.2) is 0 Å². The first-order valence-corrected chi connectivity index (χ1v) is 5.14. The van der Waals surface area contributed by atoms with Crippen LogP contribution in [-0.2, 0) is 0 Å². The first-order valence-electron chi connectivity index (χ1n) is 5.14. The van der Waals surface area contributed by atoms with Crippen molar-refractivity contribution in [3.05, 3.63) is 0 Å². The van der Waals surface area contributed by atoms with E-state index in [-0.39, 0.29) is 0 Å². The minimum absolute atomic E-state index is 0.790. The summed E-state index contributed by atoms with van der Waals surface area (Å²) in [7, 11) is 2.55. The molecular formula is C10H20B. The molecule has 0 aromatic heterocycles. The fourth-order valence-corrected chi connectivity index (χ4v) is 2.05. The van der Waals surface area contributed by atoms with Gasteiger partial charge in [-0.05, 0) is 0 Å². The van der Waals surface area contributed by atoms with E-state index in [0.717, 1.165) is 11.6 Å². The average molecular weight is 151 g/mol. The van der Waals surface area contributed by atoms with Gasteiger partial charge in [-0.25, -0.2) is 0 Å². The van der Waals surface area contributed by atoms with Gasteiger partial charge in [0.1, 0.15) is 7.28 Å². The molecule has 63 valence electrons. The molecule has 1 rings (SSSR count). The lowest BCUT2D eigenvalue weighted by molar-refractivity contribution is 0.684. The van der Waals surface area contributed by atoms with E-state index in [1.54, 1.807) is 0 Å². The third-order valence-corrected chi connectivity index (χ3v) is 2.56. The smallest absolute Gasteiger partial charge is 0.0742 e. The first kappa shape index (κ1) is 9.16. The van der Waals surface area contributed by atoms with Gasteiger partial charge in [0.05, 0.1) is 0 Å². The second kappa shape index (κ2) is 4.85. The van der Waals surface area contributed by atoms with Gasteiger partial charge in [-0.15, -0.1) is 0 Å². The van der Waals surface area contributed by atoms with Crippen LogP contribution in [0.25, 0.3) is 0 Å². The lowest BCUT2D eigenvalue weighted by atomic mass is 9.54. The molecule has 1 fully saturated rings. The molecule has 0 atom stereocenters. The van der Waals surface area contributed by atoms with Crippen LogP contribution in [0, 0.1) is 0 Å². The van der Waals surface area contributed by atoms with Crippen molar-refractivity contribution in [1.29, 1.82) is 0 Å². The number of hydrogen-bond donors (Lipinski definition) is 0. The molecule has 0 saturated heterocycles. The zero-order valence-electron chi connectivity index (χ0n) is 7.97. The van der Waals surface area contributed by atoms with Gasteiger partial charge in [-0.3, -0.25) is 0 Å². The van der Waals surface area contributed by atoms with Crippen LogP contribution in [0.4, 0.5) is 0 Å². The predicted octanol–water partition coefficient (Wildman–Crippen LogP) is 3.66. The van der Waals surface area contributed by atoms with Crippen molar-refractivity contribution in [3.63, 3.8) is 0 Å². The molecule has 11 heavy (non-hydrogen) atoms. The van der Waals surface area contributed by atoms with Crippen LogP contribution in [-0.4, -0.2) is 7.28 Å². The molecule has 1 aliphatic rings. The highest BCUT2D eigenvalue weighted by Gasteiger charge is 2.14. The van der Waals surface area contributed by atoms with Gasteiger partial charge in [0.2, 0.25) is 0 Å². The van der Waals surface area contributed by atoms with Crippen molar-refractivity contribution in [2.45, 2.75) is 64.0 Å². The molecule has 0 nitrogen and oxygen atoms in total. The van der Waals surface area contributed by atoms with Gasteiger partial charge < -0.3 is 0 Å². The van der Waals surface area contributed by atoms with Crippen molar-refractivity contribution in [2.75, 3.05) is 0 Å². The van der Waals surface area contributed by atoms with E-state index in [1.165, 1.54) is 38.5 Å². The van der Waals surface area contributed by atoms with E-state index in [0.29, 0.717) is 0 Å². The molecule has 0 heterocycles. The molecule has 0 aromatic carbocycles. The van der Waals surface area contributed by atoms with Crippen molar-refractivity contribution in [1.82, 2.24) is 0 Å². The van der Waals surface area contributed by atoms with E-state index in [4.69, 9.17) is 0 Å². The minimum Gasteiger partial charge on any atom is -0.0742 e. The summed E-state index contributed by atoms with van der Waals surface area (Å²) in [6.07, 6.45) is 8.79. The average Bonchev–Trinajstić information content (AvgIpc) is 2.14. The maximum Gasteiger partial charge on any atom is 0.117 e. The van der Waals surface area contributed by atoms with Crippen LogP contribution >= 0.6 is 0 Å². The van der Waals surface area contributed by atoms with Crippen LogP contribution in [0.15, 0.2) is 0 Å². The fourth-order valence-electron chi connectivity index (χ4n) is 2.05. The maximum absolute atomic E-state index is 2.55. The second-order valence-corrected chi connectivity index (χ2v) is 4.19. The van der Waals surface area contributed by atoms with E-state index in [2.05, 4.69) is 21.1 Å². The summed E-state index contributed by atoms with van der Waals surface area (Å²) in [5, 5.41) is 0. The van der Waals surface area contributed by atoms with Crippen molar-refractivity contribution in [2.24, 2.45) is 0 Å². The third-order valence-electron chi connectivity index (χ3n) is 2.56.